The molecule has 0 fully saturated rings. The molecule has 100 valence electrons. The van der Waals surface area contributed by atoms with Gasteiger partial charge in [0.2, 0.25) is 5.16 Å². The van der Waals surface area contributed by atoms with E-state index < -0.39 is 11.5 Å². The van der Waals surface area contributed by atoms with E-state index in [9.17, 15) is 9.18 Å². The van der Waals surface area contributed by atoms with Gasteiger partial charge in [-0.15, -0.1) is 10.2 Å². The monoisotopic (exact) mass is 272 g/mol. The highest BCUT2D eigenvalue weighted by atomic mass is 32.2. The molecule has 0 aliphatic carbocycles. The lowest BCUT2D eigenvalue weighted by molar-refractivity contribution is 0.472. The Morgan fingerprint density at radius 1 is 1.39 bits per heavy atom. The summed E-state index contributed by atoms with van der Waals surface area (Å²) >= 11 is 1.33. The second-order valence-electron chi connectivity index (χ2n) is 5.29. The lowest BCUT2D eigenvalue weighted by Gasteiger charge is -2.17. The molecule has 0 saturated heterocycles. The van der Waals surface area contributed by atoms with Gasteiger partial charge in [-0.25, -0.2) is 0 Å². The standard InChI is InChI=1S/C11H17FN4OS/c1-7(2)15-16-9(17)8(12)13-14-10(16)18-6-11(3,4)5/h6H2,1-5H3. The normalized spacial score (nSPS) is 11.4. The minimum Gasteiger partial charge on any atom is -0.262 e. The maximum absolute atomic E-state index is 13.1. The lowest BCUT2D eigenvalue weighted by Crippen LogP contribution is -2.25. The average molecular weight is 272 g/mol. The molecule has 1 heterocycles. The first-order valence-electron chi connectivity index (χ1n) is 5.51. The van der Waals surface area contributed by atoms with Crippen molar-refractivity contribution >= 4 is 17.5 Å². The Bertz CT molecular complexity index is 515. The van der Waals surface area contributed by atoms with Gasteiger partial charge in [0.25, 0.3) is 5.95 Å². The summed E-state index contributed by atoms with van der Waals surface area (Å²) in [6.45, 7) is 9.64. The van der Waals surface area contributed by atoms with E-state index in [0.29, 0.717) is 10.9 Å². The molecule has 1 aromatic heterocycles. The molecule has 7 heteroatoms. The zero-order valence-corrected chi connectivity index (χ0v) is 12.0. The predicted octanol–water partition coefficient (Wildman–Crippen LogP) is 2.16. The topological polar surface area (TPSA) is 60.1 Å². The van der Waals surface area contributed by atoms with Crippen LogP contribution in [0.5, 0.6) is 0 Å². The predicted molar refractivity (Wildman–Crippen MR) is 70.6 cm³/mol. The number of thioether (sulfide) groups is 1. The number of halogens is 1. The zero-order valence-electron chi connectivity index (χ0n) is 11.2. The molecule has 0 atom stereocenters. The molecule has 0 bridgehead atoms. The van der Waals surface area contributed by atoms with Gasteiger partial charge in [-0.1, -0.05) is 32.5 Å². The van der Waals surface area contributed by atoms with Crippen LogP contribution in [0.2, 0.25) is 0 Å². The third-order valence-corrected chi connectivity index (χ3v) is 3.23. The maximum atomic E-state index is 13.1. The summed E-state index contributed by atoms with van der Waals surface area (Å²) in [5, 5.41) is 11.2. The van der Waals surface area contributed by atoms with Gasteiger partial charge in [-0.05, 0) is 19.3 Å². The van der Waals surface area contributed by atoms with E-state index in [0.717, 1.165) is 10.4 Å². The second-order valence-corrected chi connectivity index (χ2v) is 6.23. The van der Waals surface area contributed by atoms with Crippen molar-refractivity contribution in [2.24, 2.45) is 10.5 Å². The fraction of sp³-hybridized carbons (Fsp3) is 0.636. The van der Waals surface area contributed by atoms with Crippen molar-refractivity contribution in [1.82, 2.24) is 14.9 Å². The Balaban J connectivity index is 3.16. The van der Waals surface area contributed by atoms with Crippen LogP contribution in [0.1, 0.15) is 34.6 Å². The quantitative estimate of drug-likeness (QED) is 0.625. The van der Waals surface area contributed by atoms with E-state index in [1.54, 1.807) is 13.8 Å². The molecular formula is C11H17FN4OS. The summed E-state index contributed by atoms with van der Waals surface area (Å²) in [7, 11) is 0. The molecule has 1 rings (SSSR count). The van der Waals surface area contributed by atoms with Gasteiger partial charge in [-0.2, -0.15) is 14.2 Å². The third-order valence-electron chi connectivity index (χ3n) is 1.71. The van der Waals surface area contributed by atoms with Crippen LogP contribution in [-0.2, 0) is 0 Å². The molecule has 0 N–H and O–H groups in total. The third kappa shape index (κ3) is 4.21. The van der Waals surface area contributed by atoms with Crippen molar-refractivity contribution in [3.05, 3.63) is 16.3 Å². The van der Waals surface area contributed by atoms with Gasteiger partial charge in [0, 0.05) is 11.5 Å². The summed E-state index contributed by atoms with van der Waals surface area (Å²) < 4.78 is 14.1. The Labute approximate surface area is 110 Å². The molecule has 0 radical (unpaired) electrons. The molecule has 1 aromatic rings. The summed E-state index contributed by atoms with van der Waals surface area (Å²) in [5.41, 5.74) is -0.170. The molecule has 0 saturated carbocycles. The van der Waals surface area contributed by atoms with Crippen molar-refractivity contribution in [2.75, 3.05) is 5.75 Å². The summed E-state index contributed by atoms with van der Waals surface area (Å²) in [6, 6.07) is 0. The van der Waals surface area contributed by atoms with Crippen LogP contribution in [0.4, 0.5) is 4.39 Å². The number of aromatic nitrogens is 3. The van der Waals surface area contributed by atoms with E-state index in [1.165, 1.54) is 11.8 Å². The summed E-state index contributed by atoms with van der Waals surface area (Å²) in [4.78, 5) is 11.6. The maximum Gasteiger partial charge on any atom is 0.330 e. The first-order chi connectivity index (χ1) is 8.20. The smallest absolute Gasteiger partial charge is 0.262 e. The lowest BCUT2D eigenvalue weighted by atomic mass is 10.0. The first kappa shape index (κ1) is 14.8. The van der Waals surface area contributed by atoms with E-state index in [1.807, 2.05) is 0 Å². The minimum absolute atomic E-state index is 0.0621. The van der Waals surface area contributed by atoms with Gasteiger partial charge in [0.15, 0.2) is 0 Å². The largest absolute Gasteiger partial charge is 0.330 e. The Morgan fingerprint density at radius 3 is 2.50 bits per heavy atom. The van der Waals surface area contributed by atoms with Crippen LogP contribution in [0, 0.1) is 11.4 Å². The molecule has 5 nitrogen and oxygen atoms in total. The molecule has 0 aromatic carbocycles. The van der Waals surface area contributed by atoms with E-state index in [4.69, 9.17) is 0 Å². The molecule has 18 heavy (non-hydrogen) atoms. The van der Waals surface area contributed by atoms with E-state index >= 15 is 0 Å². The number of nitrogens with zero attached hydrogens (tertiary/aromatic N) is 4. The number of hydrogen-bond acceptors (Lipinski definition) is 5. The van der Waals surface area contributed by atoms with Gasteiger partial charge in [0.1, 0.15) is 0 Å². The van der Waals surface area contributed by atoms with Gasteiger partial charge in [0.05, 0.1) is 0 Å². The highest BCUT2D eigenvalue weighted by Crippen LogP contribution is 2.24. The second kappa shape index (κ2) is 5.60. The molecule has 0 aliphatic rings. The summed E-state index contributed by atoms with van der Waals surface area (Å²) in [6.07, 6.45) is 0. The van der Waals surface area contributed by atoms with Crippen molar-refractivity contribution in [2.45, 2.75) is 39.8 Å². The molecule has 0 amide bonds. The zero-order chi connectivity index (χ0) is 13.9. The molecule has 0 spiro atoms. The van der Waals surface area contributed by atoms with Crippen LogP contribution in [0.3, 0.4) is 0 Å². The van der Waals surface area contributed by atoms with E-state index in [-0.39, 0.29) is 5.41 Å². The molecule has 0 aliphatic heterocycles. The fourth-order valence-electron chi connectivity index (χ4n) is 1.01. The average Bonchev–Trinajstić information content (AvgIpc) is 2.22. The molecule has 0 unspecified atom stereocenters. The fourth-order valence-corrected chi connectivity index (χ4v) is 1.91. The van der Waals surface area contributed by atoms with E-state index in [2.05, 4.69) is 36.1 Å². The minimum atomic E-state index is -1.14. The number of hydrogen-bond donors (Lipinski definition) is 0. The van der Waals surface area contributed by atoms with Gasteiger partial charge >= 0.3 is 5.56 Å². The SMILES string of the molecule is CC(C)=Nn1c(SCC(C)(C)C)nnc(F)c1=O. The van der Waals surface area contributed by atoms with Gasteiger partial charge in [-0.3, -0.25) is 4.79 Å². The summed E-state index contributed by atoms with van der Waals surface area (Å²) in [5.74, 6) is -0.412. The highest BCUT2D eigenvalue weighted by Gasteiger charge is 2.16. The highest BCUT2D eigenvalue weighted by molar-refractivity contribution is 7.99. The van der Waals surface area contributed by atoms with Gasteiger partial charge < -0.3 is 0 Å². The van der Waals surface area contributed by atoms with Crippen LogP contribution < -0.4 is 5.56 Å². The Morgan fingerprint density at radius 2 is 2.00 bits per heavy atom. The Kier molecular flexibility index (Phi) is 4.61. The van der Waals surface area contributed by atoms with Crippen LogP contribution in [0.25, 0.3) is 0 Å². The van der Waals surface area contributed by atoms with Crippen LogP contribution in [-0.4, -0.2) is 26.3 Å². The van der Waals surface area contributed by atoms with Crippen molar-refractivity contribution in [3.63, 3.8) is 0 Å². The van der Waals surface area contributed by atoms with Crippen molar-refractivity contribution in [1.29, 1.82) is 0 Å². The van der Waals surface area contributed by atoms with Crippen molar-refractivity contribution in [3.8, 4) is 0 Å². The first-order valence-corrected chi connectivity index (χ1v) is 6.49. The van der Waals surface area contributed by atoms with Crippen molar-refractivity contribution < 1.29 is 4.39 Å². The van der Waals surface area contributed by atoms with Crippen LogP contribution in [0.15, 0.2) is 15.1 Å². The number of rotatable bonds is 3. The molecular weight excluding hydrogens is 255 g/mol. The Hall–Kier alpha value is -1.24. The van der Waals surface area contributed by atoms with Crippen LogP contribution >= 0.6 is 11.8 Å².